The van der Waals surface area contributed by atoms with Crippen LogP contribution in [-0.4, -0.2) is 41.5 Å². The number of carbonyl (C=O) groups excluding carboxylic acids is 2. The minimum Gasteiger partial charge on any atom is -0.497 e. The minimum atomic E-state index is -0.486. The zero-order chi connectivity index (χ0) is 22.3. The summed E-state index contributed by atoms with van der Waals surface area (Å²) >= 11 is 0. The first kappa shape index (κ1) is 21.3. The van der Waals surface area contributed by atoms with Gasteiger partial charge in [0.1, 0.15) is 11.8 Å². The average Bonchev–Trinajstić information content (AvgIpc) is 3.04. The Bertz CT molecular complexity index is 1070. The Balaban J connectivity index is 1.36. The van der Waals surface area contributed by atoms with E-state index >= 15 is 0 Å². The van der Waals surface area contributed by atoms with Crippen LogP contribution in [-0.2, 0) is 4.79 Å². The molecule has 164 valence electrons. The van der Waals surface area contributed by atoms with Gasteiger partial charge in [0.2, 0.25) is 11.9 Å². The van der Waals surface area contributed by atoms with Gasteiger partial charge in [0.05, 0.1) is 7.11 Å². The molecule has 3 N–H and O–H groups in total. The van der Waals surface area contributed by atoms with E-state index in [1.54, 1.807) is 43.8 Å². The number of aromatic nitrogens is 2. The van der Waals surface area contributed by atoms with Crippen molar-refractivity contribution in [1.29, 1.82) is 0 Å². The minimum absolute atomic E-state index is 0.121. The van der Waals surface area contributed by atoms with Gasteiger partial charge in [0, 0.05) is 35.8 Å². The van der Waals surface area contributed by atoms with Gasteiger partial charge < -0.3 is 20.7 Å². The molecule has 3 aromatic rings. The van der Waals surface area contributed by atoms with Crippen molar-refractivity contribution in [3.63, 3.8) is 0 Å². The fourth-order valence-corrected chi connectivity index (χ4v) is 3.48. The zero-order valence-corrected chi connectivity index (χ0v) is 17.8. The molecule has 1 aliphatic rings. The number of nitrogens with zero attached hydrogens (tertiary/aromatic N) is 2. The van der Waals surface area contributed by atoms with Gasteiger partial charge in [0.25, 0.3) is 5.91 Å². The van der Waals surface area contributed by atoms with E-state index in [1.807, 2.05) is 24.3 Å². The monoisotopic (exact) mass is 431 g/mol. The van der Waals surface area contributed by atoms with Crippen LogP contribution in [0.2, 0.25) is 0 Å². The van der Waals surface area contributed by atoms with Gasteiger partial charge >= 0.3 is 0 Å². The highest BCUT2D eigenvalue weighted by atomic mass is 16.5. The smallest absolute Gasteiger partial charge is 0.251 e. The summed E-state index contributed by atoms with van der Waals surface area (Å²) in [6.45, 7) is 0.661. The molecule has 4 rings (SSSR count). The topological polar surface area (TPSA) is 105 Å². The Labute approximate surface area is 186 Å². The molecule has 1 unspecified atom stereocenters. The van der Waals surface area contributed by atoms with Gasteiger partial charge in [-0.3, -0.25) is 9.59 Å². The van der Waals surface area contributed by atoms with Crippen molar-refractivity contribution in [3.05, 3.63) is 66.5 Å². The van der Waals surface area contributed by atoms with E-state index in [-0.39, 0.29) is 11.8 Å². The van der Waals surface area contributed by atoms with E-state index in [9.17, 15) is 9.59 Å². The molecule has 1 atom stereocenters. The second-order valence-electron chi connectivity index (χ2n) is 7.54. The number of benzene rings is 2. The van der Waals surface area contributed by atoms with Crippen molar-refractivity contribution in [3.8, 4) is 16.9 Å². The lowest BCUT2D eigenvalue weighted by Crippen LogP contribution is -2.45. The standard InChI is InChI=1S/C24H25N5O3/c1-32-20-11-7-16(8-12-20)18-14-26-24(27-15-18)28-19-9-5-17(6-10-19)22(30)29-21-4-2-3-13-25-23(21)31/h5-12,14-15,21H,2-4,13H2,1H3,(H,25,31)(H,29,30)(H,26,27,28). The first-order chi connectivity index (χ1) is 15.6. The van der Waals surface area contributed by atoms with Gasteiger partial charge in [-0.1, -0.05) is 12.1 Å². The van der Waals surface area contributed by atoms with Crippen LogP contribution in [0.4, 0.5) is 11.6 Å². The SMILES string of the molecule is COc1ccc(-c2cnc(Nc3ccc(C(=O)NC4CCCCNC4=O)cc3)nc2)cc1. The number of amides is 2. The highest BCUT2D eigenvalue weighted by Crippen LogP contribution is 2.22. The van der Waals surface area contributed by atoms with Crippen molar-refractivity contribution < 1.29 is 14.3 Å². The van der Waals surface area contributed by atoms with Gasteiger partial charge in [-0.25, -0.2) is 9.97 Å². The van der Waals surface area contributed by atoms with Crippen molar-refractivity contribution >= 4 is 23.5 Å². The Morgan fingerprint density at radius 1 is 1.00 bits per heavy atom. The Morgan fingerprint density at radius 3 is 2.41 bits per heavy atom. The van der Waals surface area contributed by atoms with E-state index in [0.29, 0.717) is 24.5 Å². The summed E-state index contributed by atoms with van der Waals surface area (Å²) in [5, 5.41) is 8.77. The predicted octanol–water partition coefficient (Wildman–Crippen LogP) is 3.29. The Morgan fingerprint density at radius 2 is 1.72 bits per heavy atom. The largest absolute Gasteiger partial charge is 0.497 e. The van der Waals surface area contributed by atoms with Gasteiger partial charge in [-0.15, -0.1) is 0 Å². The van der Waals surface area contributed by atoms with Crippen LogP contribution >= 0.6 is 0 Å². The Hall–Kier alpha value is -3.94. The molecule has 0 bridgehead atoms. The first-order valence-corrected chi connectivity index (χ1v) is 10.5. The second kappa shape index (κ2) is 9.91. The molecule has 0 spiro atoms. The molecule has 2 amide bonds. The number of rotatable bonds is 6. The lowest BCUT2D eigenvalue weighted by molar-refractivity contribution is -0.122. The highest BCUT2D eigenvalue weighted by molar-refractivity contribution is 5.97. The van der Waals surface area contributed by atoms with E-state index in [4.69, 9.17) is 4.74 Å². The van der Waals surface area contributed by atoms with E-state index in [0.717, 1.165) is 35.4 Å². The summed E-state index contributed by atoms with van der Waals surface area (Å²) < 4.78 is 5.18. The van der Waals surface area contributed by atoms with Gasteiger partial charge in [-0.2, -0.15) is 0 Å². The third kappa shape index (κ3) is 5.21. The fraction of sp³-hybridized carbons (Fsp3) is 0.250. The van der Waals surface area contributed by atoms with Gasteiger partial charge in [-0.05, 0) is 61.2 Å². The van der Waals surface area contributed by atoms with Crippen molar-refractivity contribution in [1.82, 2.24) is 20.6 Å². The zero-order valence-electron chi connectivity index (χ0n) is 17.8. The summed E-state index contributed by atoms with van der Waals surface area (Å²) in [7, 11) is 1.63. The summed E-state index contributed by atoms with van der Waals surface area (Å²) in [6, 6.07) is 14.2. The van der Waals surface area contributed by atoms with E-state index < -0.39 is 6.04 Å². The lowest BCUT2D eigenvalue weighted by atomic mass is 10.1. The third-order valence-corrected chi connectivity index (χ3v) is 5.32. The van der Waals surface area contributed by atoms with Crippen molar-refractivity contribution in [2.24, 2.45) is 0 Å². The molecule has 0 radical (unpaired) electrons. The summed E-state index contributed by atoms with van der Waals surface area (Å²) in [4.78, 5) is 33.3. The molecule has 0 saturated carbocycles. The Kier molecular flexibility index (Phi) is 6.60. The number of methoxy groups -OCH3 is 1. The van der Waals surface area contributed by atoms with Crippen LogP contribution in [0.5, 0.6) is 5.75 Å². The molecule has 1 aromatic heterocycles. The molecular weight excluding hydrogens is 406 g/mol. The molecule has 1 saturated heterocycles. The summed E-state index contributed by atoms with van der Waals surface area (Å²) in [5.74, 6) is 0.861. The molecule has 32 heavy (non-hydrogen) atoms. The normalized spacial score (nSPS) is 15.9. The molecular formula is C24H25N5O3. The number of anilines is 2. The van der Waals surface area contributed by atoms with Crippen LogP contribution < -0.4 is 20.7 Å². The quantitative estimate of drug-likeness (QED) is 0.553. The predicted molar refractivity (Wildman–Crippen MR) is 122 cm³/mol. The lowest BCUT2D eigenvalue weighted by Gasteiger charge is -2.15. The molecule has 8 heteroatoms. The first-order valence-electron chi connectivity index (χ1n) is 10.5. The summed E-state index contributed by atoms with van der Waals surface area (Å²) in [5.41, 5.74) is 3.14. The number of hydrogen-bond acceptors (Lipinski definition) is 6. The van der Waals surface area contributed by atoms with Crippen LogP contribution in [0.1, 0.15) is 29.6 Å². The second-order valence-corrected chi connectivity index (χ2v) is 7.54. The van der Waals surface area contributed by atoms with Crippen LogP contribution in [0.15, 0.2) is 60.9 Å². The van der Waals surface area contributed by atoms with Crippen molar-refractivity contribution in [2.45, 2.75) is 25.3 Å². The third-order valence-electron chi connectivity index (χ3n) is 5.32. The molecule has 0 aliphatic carbocycles. The molecule has 1 aliphatic heterocycles. The number of nitrogens with one attached hydrogen (secondary N) is 3. The van der Waals surface area contributed by atoms with Gasteiger partial charge in [0.15, 0.2) is 0 Å². The number of carbonyl (C=O) groups is 2. The number of ether oxygens (including phenoxy) is 1. The maximum absolute atomic E-state index is 12.5. The highest BCUT2D eigenvalue weighted by Gasteiger charge is 2.22. The maximum Gasteiger partial charge on any atom is 0.251 e. The van der Waals surface area contributed by atoms with Crippen LogP contribution in [0.25, 0.3) is 11.1 Å². The van der Waals surface area contributed by atoms with E-state index in [2.05, 4.69) is 25.9 Å². The number of hydrogen-bond donors (Lipinski definition) is 3. The summed E-state index contributed by atoms with van der Waals surface area (Å²) in [6.07, 6.45) is 5.99. The van der Waals surface area contributed by atoms with E-state index in [1.165, 1.54) is 0 Å². The van der Waals surface area contributed by atoms with Crippen LogP contribution in [0.3, 0.4) is 0 Å². The van der Waals surface area contributed by atoms with Crippen LogP contribution in [0, 0.1) is 0 Å². The average molecular weight is 431 g/mol. The molecule has 1 fully saturated rings. The molecule has 2 heterocycles. The molecule has 2 aromatic carbocycles. The molecule has 8 nitrogen and oxygen atoms in total. The van der Waals surface area contributed by atoms with Crippen molar-refractivity contribution in [2.75, 3.05) is 19.0 Å². The maximum atomic E-state index is 12.5. The fourth-order valence-electron chi connectivity index (χ4n) is 3.48.